The van der Waals surface area contributed by atoms with Gasteiger partial charge in [-0.1, -0.05) is 30.3 Å². The van der Waals surface area contributed by atoms with Gasteiger partial charge in [-0.2, -0.15) is 5.10 Å². The molecular formula is C28H23FN6O. The lowest BCUT2D eigenvalue weighted by Gasteiger charge is -2.29. The summed E-state index contributed by atoms with van der Waals surface area (Å²) >= 11 is 0. The second-order valence-corrected chi connectivity index (χ2v) is 8.75. The number of rotatable bonds is 6. The Morgan fingerprint density at radius 1 is 0.917 bits per heavy atom. The van der Waals surface area contributed by atoms with Crippen LogP contribution in [0, 0.1) is 5.82 Å². The number of benzene rings is 3. The van der Waals surface area contributed by atoms with Crippen LogP contribution < -0.4 is 10.2 Å². The number of carbonyl (C=O) groups is 1. The number of fused-ring (bicyclic) bond motifs is 1. The molecule has 1 aliphatic heterocycles. The third-order valence-corrected chi connectivity index (χ3v) is 6.51. The molecule has 0 bridgehead atoms. The monoisotopic (exact) mass is 478 g/mol. The fraction of sp³-hybridized carbons (Fsp3) is 0.143. The van der Waals surface area contributed by atoms with Crippen LogP contribution in [0.1, 0.15) is 23.9 Å². The molecule has 1 amide bonds. The highest BCUT2D eigenvalue weighted by molar-refractivity contribution is 5.99. The Hall–Kier alpha value is -4.43. The van der Waals surface area contributed by atoms with Crippen molar-refractivity contribution >= 4 is 22.5 Å². The zero-order valence-corrected chi connectivity index (χ0v) is 19.3. The highest BCUT2D eigenvalue weighted by Gasteiger charge is 2.41. The van der Waals surface area contributed by atoms with Crippen LogP contribution in [0.3, 0.4) is 0 Å². The molecule has 7 nitrogen and oxygen atoms in total. The molecule has 3 heterocycles. The van der Waals surface area contributed by atoms with Gasteiger partial charge in [-0.05, 0) is 54.1 Å². The Labute approximate surface area is 207 Å². The number of anilines is 1. The van der Waals surface area contributed by atoms with E-state index in [9.17, 15) is 9.18 Å². The van der Waals surface area contributed by atoms with Gasteiger partial charge in [-0.25, -0.2) is 19.0 Å². The zero-order chi connectivity index (χ0) is 24.5. The first-order valence-corrected chi connectivity index (χ1v) is 11.8. The Bertz CT molecular complexity index is 1500. The SMILES string of the molecule is O=C1C[C@H](NCc2ncccn2)[C@@H](c2ccccc2)N1c1ccc2c(cnn2-c2ccc(F)cc2)c1. The van der Waals surface area contributed by atoms with Crippen molar-refractivity contribution < 1.29 is 9.18 Å². The molecule has 1 N–H and O–H groups in total. The van der Waals surface area contributed by atoms with Crippen LogP contribution >= 0.6 is 0 Å². The van der Waals surface area contributed by atoms with E-state index in [4.69, 9.17) is 0 Å². The van der Waals surface area contributed by atoms with Gasteiger partial charge >= 0.3 is 0 Å². The van der Waals surface area contributed by atoms with Gasteiger partial charge < -0.3 is 10.2 Å². The highest BCUT2D eigenvalue weighted by Crippen LogP contribution is 2.38. The molecule has 3 aromatic carbocycles. The van der Waals surface area contributed by atoms with Crippen LogP contribution in [0.2, 0.25) is 0 Å². The molecule has 2 atom stereocenters. The average Bonchev–Trinajstić information content (AvgIpc) is 3.49. The van der Waals surface area contributed by atoms with Gasteiger partial charge in [0, 0.05) is 35.9 Å². The molecule has 5 aromatic rings. The Morgan fingerprint density at radius 3 is 2.44 bits per heavy atom. The van der Waals surface area contributed by atoms with Gasteiger partial charge in [0.1, 0.15) is 11.6 Å². The number of nitrogens with zero attached hydrogens (tertiary/aromatic N) is 5. The van der Waals surface area contributed by atoms with Crippen molar-refractivity contribution in [2.75, 3.05) is 4.90 Å². The number of amides is 1. The molecule has 1 saturated heterocycles. The van der Waals surface area contributed by atoms with Crippen molar-refractivity contribution in [2.24, 2.45) is 0 Å². The quantitative estimate of drug-likeness (QED) is 0.386. The predicted molar refractivity (Wildman–Crippen MR) is 135 cm³/mol. The summed E-state index contributed by atoms with van der Waals surface area (Å²) in [5.41, 5.74) is 3.51. The molecule has 0 saturated carbocycles. The fourth-order valence-electron chi connectivity index (χ4n) is 4.86. The van der Waals surface area contributed by atoms with Gasteiger partial charge in [0.25, 0.3) is 0 Å². The van der Waals surface area contributed by atoms with Crippen molar-refractivity contribution in [3.05, 3.63) is 115 Å². The standard InChI is InChI=1S/C28H23FN6O/c29-21-7-9-22(10-8-21)35-25-12-11-23(15-20(25)17-33-35)34-27(36)16-24(28(34)19-5-2-1-3-6-19)32-18-26-30-13-4-14-31-26/h1-15,17,24,28,32H,16,18H2/t24-,28+/m0/s1. The zero-order valence-electron chi connectivity index (χ0n) is 19.3. The van der Waals surface area contributed by atoms with E-state index in [1.54, 1.807) is 41.5 Å². The average molecular weight is 479 g/mol. The summed E-state index contributed by atoms with van der Waals surface area (Å²) in [5, 5.41) is 8.91. The maximum absolute atomic E-state index is 13.4. The van der Waals surface area contributed by atoms with E-state index in [1.807, 2.05) is 41.3 Å². The summed E-state index contributed by atoms with van der Waals surface area (Å²) in [6, 6.07) is 23.6. The van der Waals surface area contributed by atoms with Crippen molar-refractivity contribution in [2.45, 2.75) is 25.0 Å². The van der Waals surface area contributed by atoms with E-state index in [1.165, 1.54) is 12.1 Å². The van der Waals surface area contributed by atoms with Crippen molar-refractivity contribution in [3.8, 4) is 5.69 Å². The molecule has 0 aliphatic carbocycles. The van der Waals surface area contributed by atoms with Crippen LogP contribution in [0.15, 0.2) is 97.5 Å². The van der Waals surface area contributed by atoms with E-state index >= 15 is 0 Å². The maximum Gasteiger partial charge on any atom is 0.229 e. The third-order valence-electron chi connectivity index (χ3n) is 6.51. The molecular weight excluding hydrogens is 455 g/mol. The lowest BCUT2D eigenvalue weighted by atomic mass is 9.99. The number of nitrogens with one attached hydrogen (secondary N) is 1. The van der Waals surface area contributed by atoms with E-state index in [-0.39, 0.29) is 23.8 Å². The molecule has 0 unspecified atom stereocenters. The Morgan fingerprint density at radius 2 is 1.67 bits per heavy atom. The van der Waals surface area contributed by atoms with E-state index in [0.717, 1.165) is 27.8 Å². The van der Waals surface area contributed by atoms with Gasteiger partial charge in [-0.3, -0.25) is 4.79 Å². The smallest absolute Gasteiger partial charge is 0.229 e. The molecule has 178 valence electrons. The molecule has 6 rings (SSSR count). The first-order valence-electron chi connectivity index (χ1n) is 11.8. The molecule has 8 heteroatoms. The lowest BCUT2D eigenvalue weighted by Crippen LogP contribution is -2.36. The van der Waals surface area contributed by atoms with E-state index < -0.39 is 0 Å². The molecule has 1 fully saturated rings. The first-order chi connectivity index (χ1) is 17.7. The first kappa shape index (κ1) is 22.1. The normalized spacial score (nSPS) is 17.7. The summed E-state index contributed by atoms with van der Waals surface area (Å²) in [4.78, 5) is 23.8. The number of carbonyl (C=O) groups excluding carboxylic acids is 1. The number of halogens is 1. The fourth-order valence-corrected chi connectivity index (χ4v) is 4.86. The van der Waals surface area contributed by atoms with E-state index in [2.05, 4.69) is 32.5 Å². The van der Waals surface area contributed by atoms with Crippen LogP contribution in [-0.2, 0) is 11.3 Å². The summed E-state index contributed by atoms with van der Waals surface area (Å²) in [5.74, 6) is 0.435. The minimum absolute atomic E-state index is 0.0422. The summed E-state index contributed by atoms with van der Waals surface area (Å²) < 4.78 is 15.2. The van der Waals surface area contributed by atoms with Gasteiger partial charge in [-0.15, -0.1) is 0 Å². The number of aromatic nitrogens is 4. The minimum Gasteiger partial charge on any atom is -0.304 e. The molecule has 0 spiro atoms. The van der Waals surface area contributed by atoms with Crippen LogP contribution in [0.4, 0.5) is 10.1 Å². The van der Waals surface area contributed by atoms with Crippen LogP contribution in [0.25, 0.3) is 16.6 Å². The number of hydrogen-bond donors (Lipinski definition) is 1. The Kier molecular flexibility index (Phi) is 5.71. The predicted octanol–water partition coefficient (Wildman–Crippen LogP) is 4.59. The second-order valence-electron chi connectivity index (χ2n) is 8.75. The molecule has 2 aromatic heterocycles. The van der Waals surface area contributed by atoms with Crippen molar-refractivity contribution in [1.29, 1.82) is 0 Å². The number of hydrogen-bond acceptors (Lipinski definition) is 5. The van der Waals surface area contributed by atoms with Gasteiger partial charge in [0.15, 0.2) is 0 Å². The second kappa shape index (κ2) is 9.31. The largest absolute Gasteiger partial charge is 0.304 e. The maximum atomic E-state index is 13.4. The van der Waals surface area contributed by atoms with Crippen molar-refractivity contribution in [1.82, 2.24) is 25.1 Å². The molecule has 0 radical (unpaired) electrons. The van der Waals surface area contributed by atoms with E-state index in [0.29, 0.717) is 18.8 Å². The summed E-state index contributed by atoms with van der Waals surface area (Å²) in [6.45, 7) is 0.472. The lowest BCUT2D eigenvalue weighted by molar-refractivity contribution is -0.117. The van der Waals surface area contributed by atoms with Crippen LogP contribution in [-0.4, -0.2) is 31.7 Å². The molecule has 36 heavy (non-hydrogen) atoms. The topological polar surface area (TPSA) is 75.9 Å². The van der Waals surface area contributed by atoms with Crippen molar-refractivity contribution in [3.63, 3.8) is 0 Å². The summed E-state index contributed by atoms with van der Waals surface area (Å²) in [6.07, 6.45) is 5.56. The van der Waals surface area contributed by atoms with Crippen LogP contribution in [0.5, 0.6) is 0 Å². The highest BCUT2D eigenvalue weighted by atomic mass is 19.1. The van der Waals surface area contributed by atoms with Gasteiger partial charge in [0.05, 0.1) is 30.0 Å². The third kappa shape index (κ3) is 4.12. The summed E-state index contributed by atoms with van der Waals surface area (Å²) in [7, 11) is 0. The molecule has 1 aliphatic rings. The van der Waals surface area contributed by atoms with Gasteiger partial charge in [0.2, 0.25) is 5.91 Å². The Balaban J connectivity index is 1.34. The minimum atomic E-state index is -0.293.